The van der Waals surface area contributed by atoms with Gasteiger partial charge in [0.25, 0.3) is 0 Å². The van der Waals surface area contributed by atoms with Crippen LogP contribution in [-0.4, -0.2) is 37.2 Å². The number of hydrogen-bond donors (Lipinski definition) is 1. The third-order valence-electron chi connectivity index (χ3n) is 5.99. The normalized spacial score (nSPS) is 11.9. The van der Waals surface area contributed by atoms with Crippen LogP contribution < -0.4 is 4.74 Å². The van der Waals surface area contributed by atoms with Crippen LogP contribution in [0, 0.1) is 5.92 Å². The van der Waals surface area contributed by atoms with Crippen molar-refractivity contribution in [3.8, 4) is 17.0 Å². The van der Waals surface area contributed by atoms with Crippen LogP contribution >= 0.6 is 0 Å². The molecule has 0 aliphatic heterocycles. The lowest BCUT2D eigenvalue weighted by molar-refractivity contribution is -0.162. The number of rotatable bonds is 9. The van der Waals surface area contributed by atoms with Gasteiger partial charge in [0.15, 0.2) is 5.92 Å². The lowest BCUT2D eigenvalue weighted by Crippen LogP contribution is -2.34. The first-order valence-corrected chi connectivity index (χ1v) is 11.7. The van der Waals surface area contributed by atoms with E-state index in [1.165, 1.54) is 0 Å². The standard InChI is InChI=1S/C29H29NO5/c1-4-34-28(31)26(29(32)35-5-2)24(20-14-11-15-21(18-20)33-3)25-22-16-9-10-17-23(22)30-27(25)19-12-7-6-8-13-19/h6-18,24,26,30H,4-5H2,1-3H3. The lowest BCUT2D eigenvalue weighted by Gasteiger charge is -2.26. The molecule has 1 heterocycles. The minimum absolute atomic E-state index is 0.152. The Kier molecular flexibility index (Phi) is 7.51. The summed E-state index contributed by atoms with van der Waals surface area (Å²) in [6, 6.07) is 25.2. The Morgan fingerprint density at radius 1 is 0.829 bits per heavy atom. The molecular weight excluding hydrogens is 442 g/mol. The van der Waals surface area contributed by atoms with E-state index in [-0.39, 0.29) is 13.2 Å². The molecule has 1 aromatic heterocycles. The molecule has 3 aromatic carbocycles. The maximum absolute atomic E-state index is 13.3. The topological polar surface area (TPSA) is 77.6 Å². The zero-order chi connectivity index (χ0) is 24.8. The molecule has 0 aliphatic carbocycles. The zero-order valence-corrected chi connectivity index (χ0v) is 20.1. The SMILES string of the molecule is CCOC(=O)C(C(=O)OCC)C(c1cccc(OC)c1)c1c(-c2ccccc2)[nH]c2ccccc12. The number of carbonyl (C=O) groups excluding carboxylic acids is 2. The monoisotopic (exact) mass is 471 g/mol. The van der Waals surface area contributed by atoms with Crippen molar-refractivity contribution in [3.05, 3.63) is 90.0 Å². The number of aromatic amines is 1. The predicted molar refractivity (Wildman–Crippen MR) is 135 cm³/mol. The number of fused-ring (bicyclic) bond motifs is 1. The molecule has 1 atom stereocenters. The van der Waals surface area contributed by atoms with E-state index in [2.05, 4.69) is 4.98 Å². The summed E-state index contributed by atoms with van der Waals surface area (Å²) in [5.74, 6) is -2.51. The van der Waals surface area contributed by atoms with E-state index in [0.717, 1.165) is 33.3 Å². The number of nitrogens with one attached hydrogen (secondary N) is 1. The quantitative estimate of drug-likeness (QED) is 0.250. The van der Waals surface area contributed by atoms with Crippen LogP contribution in [0.5, 0.6) is 5.75 Å². The first-order chi connectivity index (χ1) is 17.1. The molecule has 6 nitrogen and oxygen atoms in total. The van der Waals surface area contributed by atoms with Crippen LogP contribution in [0.1, 0.15) is 30.9 Å². The highest BCUT2D eigenvalue weighted by molar-refractivity contribution is 6.00. The largest absolute Gasteiger partial charge is 0.497 e. The second kappa shape index (κ2) is 10.9. The highest BCUT2D eigenvalue weighted by Crippen LogP contribution is 2.44. The summed E-state index contributed by atoms with van der Waals surface area (Å²) in [7, 11) is 1.59. The van der Waals surface area contributed by atoms with E-state index in [1.807, 2.05) is 78.9 Å². The molecule has 4 rings (SSSR count). The third kappa shape index (κ3) is 4.92. The van der Waals surface area contributed by atoms with E-state index >= 15 is 0 Å². The van der Waals surface area contributed by atoms with Gasteiger partial charge in [-0.1, -0.05) is 60.7 Å². The van der Waals surface area contributed by atoms with E-state index in [1.54, 1.807) is 21.0 Å². The lowest BCUT2D eigenvalue weighted by atomic mass is 9.78. The Hall–Kier alpha value is -4.06. The summed E-state index contributed by atoms with van der Waals surface area (Å²) < 4.78 is 16.3. The molecule has 35 heavy (non-hydrogen) atoms. The molecule has 1 unspecified atom stereocenters. The summed E-state index contributed by atoms with van der Waals surface area (Å²) >= 11 is 0. The first kappa shape index (κ1) is 24.1. The van der Waals surface area contributed by atoms with Gasteiger partial charge in [0, 0.05) is 16.8 Å². The van der Waals surface area contributed by atoms with Gasteiger partial charge in [0.2, 0.25) is 0 Å². The number of H-pyrrole nitrogens is 1. The number of ether oxygens (including phenoxy) is 3. The van der Waals surface area contributed by atoms with Crippen molar-refractivity contribution in [1.29, 1.82) is 0 Å². The van der Waals surface area contributed by atoms with Crippen LogP contribution in [0.15, 0.2) is 78.9 Å². The second-order valence-corrected chi connectivity index (χ2v) is 8.06. The molecule has 180 valence electrons. The Balaban J connectivity index is 2.05. The average Bonchev–Trinajstić information content (AvgIpc) is 3.27. The van der Waals surface area contributed by atoms with Gasteiger partial charge in [0.05, 0.1) is 26.0 Å². The van der Waals surface area contributed by atoms with Gasteiger partial charge >= 0.3 is 11.9 Å². The number of aromatic nitrogens is 1. The highest BCUT2D eigenvalue weighted by atomic mass is 16.6. The fraction of sp³-hybridized carbons (Fsp3) is 0.241. The number of methoxy groups -OCH3 is 1. The molecule has 0 radical (unpaired) electrons. The van der Waals surface area contributed by atoms with Gasteiger partial charge in [0.1, 0.15) is 5.75 Å². The molecule has 0 fully saturated rings. The zero-order valence-electron chi connectivity index (χ0n) is 20.1. The van der Waals surface area contributed by atoms with Crippen LogP contribution in [-0.2, 0) is 19.1 Å². The van der Waals surface area contributed by atoms with Crippen molar-refractivity contribution in [2.24, 2.45) is 5.92 Å². The molecular formula is C29H29NO5. The van der Waals surface area contributed by atoms with Gasteiger partial charge in [-0.05, 0) is 48.7 Å². The molecule has 0 saturated heterocycles. The fourth-order valence-electron chi connectivity index (χ4n) is 4.51. The number of hydrogen-bond acceptors (Lipinski definition) is 5. The Morgan fingerprint density at radius 2 is 1.49 bits per heavy atom. The average molecular weight is 472 g/mol. The van der Waals surface area contributed by atoms with Crippen LogP contribution in [0.3, 0.4) is 0 Å². The molecule has 0 amide bonds. The smallest absolute Gasteiger partial charge is 0.321 e. The van der Waals surface area contributed by atoms with Crippen molar-refractivity contribution < 1.29 is 23.8 Å². The molecule has 0 aliphatic rings. The molecule has 0 bridgehead atoms. The molecule has 0 saturated carbocycles. The first-order valence-electron chi connectivity index (χ1n) is 11.7. The summed E-state index contributed by atoms with van der Waals surface area (Å²) in [5.41, 5.74) is 4.25. The molecule has 6 heteroatoms. The summed E-state index contributed by atoms with van der Waals surface area (Å²) in [4.78, 5) is 30.2. The van der Waals surface area contributed by atoms with Crippen LogP contribution in [0.25, 0.3) is 22.2 Å². The Bertz CT molecular complexity index is 1290. The fourth-order valence-corrected chi connectivity index (χ4v) is 4.51. The molecule has 0 spiro atoms. The summed E-state index contributed by atoms with van der Waals surface area (Å²) in [6.45, 7) is 3.75. The summed E-state index contributed by atoms with van der Waals surface area (Å²) in [6.07, 6.45) is 0. The van der Waals surface area contributed by atoms with E-state index < -0.39 is 23.8 Å². The second-order valence-electron chi connectivity index (χ2n) is 8.06. The van der Waals surface area contributed by atoms with E-state index in [4.69, 9.17) is 14.2 Å². The molecule has 4 aromatic rings. The summed E-state index contributed by atoms with van der Waals surface area (Å²) in [5, 5.41) is 0.915. The van der Waals surface area contributed by atoms with Crippen LogP contribution in [0.4, 0.5) is 0 Å². The van der Waals surface area contributed by atoms with Crippen LogP contribution in [0.2, 0.25) is 0 Å². The maximum Gasteiger partial charge on any atom is 0.321 e. The van der Waals surface area contributed by atoms with E-state index in [9.17, 15) is 9.59 Å². The van der Waals surface area contributed by atoms with E-state index in [0.29, 0.717) is 5.75 Å². The van der Waals surface area contributed by atoms with Crippen molar-refractivity contribution in [2.75, 3.05) is 20.3 Å². The number of esters is 2. The van der Waals surface area contributed by atoms with Gasteiger partial charge in [-0.15, -0.1) is 0 Å². The number of carbonyl (C=O) groups is 2. The number of para-hydroxylation sites is 1. The van der Waals surface area contributed by atoms with Crippen molar-refractivity contribution >= 4 is 22.8 Å². The van der Waals surface area contributed by atoms with Gasteiger partial charge in [-0.25, -0.2) is 0 Å². The minimum atomic E-state index is -1.20. The van der Waals surface area contributed by atoms with Crippen molar-refractivity contribution in [2.45, 2.75) is 19.8 Å². The van der Waals surface area contributed by atoms with Crippen molar-refractivity contribution in [1.82, 2.24) is 4.98 Å². The van der Waals surface area contributed by atoms with Crippen molar-refractivity contribution in [3.63, 3.8) is 0 Å². The van der Waals surface area contributed by atoms with Gasteiger partial charge < -0.3 is 19.2 Å². The Morgan fingerprint density at radius 3 is 2.14 bits per heavy atom. The number of benzene rings is 3. The predicted octanol–water partition coefficient (Wildman–Crippen LogP) is 5.72. The Labute approximate surface area is 204 Å². The maximum atomic E-state index is 13.3. The third-order valence-corrected chi connectivity index (χ3v) is 5.99. The minimum Gasteiger partial charge on any atom is -0.497 e. The van der Waals surface area contributed by atoms with Gasteiger partial charge in [-0.2, -0.15) is 0 Å². The van der Waals surface area contributed by atoms with Gasteiger partial charge in [-0.3, -0.25) is 9.59 Å². The molecule has 1 N–H and O–H groups in total. The highest BCUT2D eigenvalue weighted by Gasteiger charge is 2.42.